The lowest BCUT2D eigenvalue weighted by Gasteiger charge is -2.29. The van der Waals surface area contributed by atoms with Crippen LogP contribution >= 0.6 is 11.6 Å². The lowest BCUT2D eigenvalue weighted by Crippen LogP contribution is -2.43. The van der Waals surface area contributed by atoms with Gasteiger partial charge in [0, 0.05) is 85.3 Å². The largest absolute Gasteiger partial charge is 0.369 e. The molecular weight excluding hydrogens is 591 g/mol. The predicted molar refractivity (Wildman–Crippen MR) is 156 cm³/mol. The highest BCUT2D eigenvalue weighted by atomic mass is 35.5. The second kappa shape index (κ2) is 11.6. The third-order valence-corrected chi connectivity index (χ3v) is 9.04. The summed E-state index contributed by atoms with van der Waals surface area (Å²) in [6, 6.07) is 10.7. The molecule has 4 aromatic rings. The average molecular weight is 618 g/mol. The molecule has 2 aliphatic heterocycles. The van der Waals surface area contributed by atoms with E-state index >= 15 is 8.78 Å². The molecule has 0 aliphatic carbocycles. The van der Waals surface area contributed by atoms with E-state index in [9.17, 15) is 12.8 Å². The molecule has 2 aromatic heterocycles. The SMILES string of the molecule is O=S(=O)(Nc1cc(Cl)cc(-c2cn(-c3ccc(N4CCNCC4)cc3F)nc2-c2ccncc2)c1F)N1CC[C@@H](F)C1. The number of nitrogens with one attached hydrogen (secondary N) is 2. The zero-order chi connectivity index (χ0) is 29.4. The highest BCUT2D eigenvalue weighted by molar-refractivity contribution is 7.90. The van der Waals surface area contributed by atoms with Gasteiger partial charge in [0.25, 0.3) is 0 Å². The first kappa shape index (κ1) is 28.5. The van der Waals surface area contributed by atoms with Crippen molar-refractivity contribution in [3.8, 4) is 28.1 Å². The molecule has 2 aromatic carbocycles. The average Bonchev–Trinajstić information content (AvgIpc) is 3.63. The van der Waals surface area contributed by atoms with E-state index in [1.54, 1.807) is 30.6 Å². The van der Waals surface area contributed by atoms with E-state index in [1.165, 1.54) is 23.0 Å². The first-order valence-corrected chi connectivity index (χ1v) is 15.2. The van der Waals surface area contributed by atoms with Crippen LogP contribution in [-0.2, 0) is 10.2 Å². The van der Waals surface area contributed by atoms with Gasteiger partial charge in [-0.1, -0.05) is 11.6 Å². The molecule has 42 heavy (non-hydrogen) atoms. The molecule has 0 saturated carbocycles. The maximum Gasteiger partial charge on any atom is 0.301 e. The van der Waals surface area contributed by atoms with Gasteiger partial charge in [-0.3, -0.25) is 9.71 Å². The fourth-order valence-electron chi connectivity index (χ4n) is 5.19. The Balaban J connectivity index is 1.42. The van der Waals surface area contributed by atoms with Gasteiger partial charge in [-0.05, 0) is 48.9 Å². The monoisotopic (exact) mass is 617 g/mol. The summed E-state index contributed by atoms with van der Waals surface area (Å²) in [6.07, 6.45) is 3.33. The van der Waals surface area contributed by atoms with Crippen molar-refractivity contribution >= 4 is 33.2 Å². The Hall–Kier alpha value is -3.65. The van der Waals surface area contributed by atoms with E-state index in [-0.39, 0.29) is 41.3 Å². The topological polar surface area (TPSA) is 95.4 Å². The number of aromatic nitrogens is 3. The Kier molecular flexibility index (Phi) is 7.83. The molecular formula is C28H27ClF3N7O2S. The van der Waals surface area contributed by atoms with Gasteiger partial charge in [-0.15, -0.1) is 0 Å². The van der Waals surface area contributed by atoms with Crippen LogP contribution in [0.3, 0.4) is 0 Å². The molecule has 0 amide bonds. The van der Waals surface area contributed by atoms with Crippen LogP contribution in [0.1, 0.15) is 6.42 Å². The second-order valence-corrected chi connectivity index (χ2v) is 12.2. The van der Waals surface area contributed by atoms with Crippen LogP contribution in [0.2, 0.25) is 5.02 Å². The lowest BCUT2D eigenvalue weighted by atomic mass is 10.0. The van der Waals surface area contributed by atoms with Gasteiger partial charge < -0.3 is 10.2 Å². The van der Waals surface area contributed by atoms with Crippen molar-refractivity contribution in [3.05, 3.63) is 77.7 Å². The molecule has 2 saturated heterocycles. The minimum atomic E-state index is -4.25. The van der Waals surface area contributed by atoms with Crippen molar-refractivity contribution in [2.24, 2.45) is 0 Å². The summed E-state index contributed by atoms with van der Waals surface area (Å²) >= 11 is 6.34. The molecule has 1 atom stereocenters. The van der Waals surface area contributed by atoms with Gasteiger partial charge in [0.15, 0.2) is 11.6 Å². The summed E-state index contributed by atoms with van der Waals surface area (Å²) in [6.45, 7) is 2.77. The van der Waals surface area contributed by atoms with Crippen LogP contribution in [0, 0.1) is 11.6 Å². The van der Waals surface area contributed by atoms with Gasteiger partial charge in [0.2, 0.25) is 0 Å². The molecule has 0 unspecified atom stereocenters. The van der Waals surface area contributed by atoms with Crippen LogP contribution in [0.5, 0.6) is 0 Å². The van der Waals surface area contributed by atoms with Crippen molar-refractivity contribution < 1.29 is 21.6 Å². The molecule has 9 nitrogen and oxygen atoms in total. The first-order valence-electron chi connectivity index (χ1n) is 13.4. The molecule has 0 bridgehead atoms. The lowest BCUT2D eigenvalue weighted by molar-refractivity contribution is 0.343. The van der Waals surface area contributed by atoms with E-state index in [4.69, 9.17) is 11.6 Å². The van der Waals surface area contributed by atoms with Crippen LogP contribution in [-0.4, -0.2) is 72.9 Å². The Morgan fingerprint density at radius 2 is 1.76 bits per heavy atom. The van der Waals surface area contributed by atoms with Gasteiger partial charge >= 0.3 is 10.2 Å². The summed E-state index contributed by atoms with van der Waals surface area (Å²) in [5.74, 6) is -1.43. The fourth-order valence-corrected chi connectivity index (χ4v) is 6.67. The number of alkyl halides is 1. The number of rotatable bonds is 7. The van der Waals surface area contributed by atoms with E-state index in [0.29, 0.717) is 11.3 Å². The molecule has 6 rings (SSSR count). The van der Waals surface area contributed by atoms with Gasteiger partial charge in [0.1, 0.15) is 17.6 Å². The Morgan fingerprint density at radius 3 is 2.45 bits per heavy atom. The molecule has 2 fully saturated rings. The van der Waals surface area contributed by atoms with E-state index in [1.807, 2.05) is 6.07 Å². The highest BCUT2D eigenvalue weighted by Gasteiger charge is 2.32. The van der Waals surface area contributed by atoms with E-state index in [2.05, 4.69) is 25.0 Å². The third kappa shape index (κ3) is 5.69. The summed E-state index contributed by atoms with van der Waals surface area (Å²) in [4.78, 5) is 6.11. The quantitative estimate of drug-likeness (QED) is 0.314. The van der Waals surface area contributed by atoms with Gasteiger partial charge in [-0.2, -0.15) is 17.8 Å². The molecule has 2 N–H and O–H groups in total. The van der Waals surface area contributed by atoms with Crippen LogP contribution < -0.4 is 14.9 Å². The Morgan fingerprint density at radius 1 is 1.00 bits per heavy atom. The smallest absolute Gasteiger partial charge is 0.301 e. The number of piperazine rings is 1. The van der Waals surface area contributed by atoms with Crippen molar-refractivity contribution in [2.45, 2.75) is 12.6 Å². The predicted octanol–water partition coefficient (Wildman–Crippen LogP) is 4.64. The zero-order valence-corrected chi connectivity index (χ0v) is 23.8. The maximum absolute atomic E-state index is 16.1. The number of halogens is 4. The van der Waals surface area contributed by atoms with Gasteiger partial charge in [-0.25, -0.2) is 17.9 Å². The van der Waals surface area contributed by atoms with Crippen LogP contribution in [0.15, 0.2) is 61.1 Å². The number of pyridine rings is 1. The minimum Gasteiger partial charge on any atom is -0.369 e. The van der Waals surface area contributed by atoms with Crippen LogP contribution in [0.25, 0.3) is 28.1 Å². The standard InChI is InChI=1S/C28H27ClF3N7O2S/c29-19-13-22(27(32)25(14-19)36-42(40,41)38-10-5-20(30)16-38)23-17-39(35-28(23)18-3-6-33-7-4-18)26-2-1-21(15-24(26)31)37-11-8-34-9-12-37/h1-4,6-7,13-15,17,20,34,36H,5,8-12,16H2/t20-/m1/s1. The normalized spacial score (nSPS) is 18.0. The van der Waals surface area contributed by atoms with Crippen molar-refractivity contribution in [2.75, 3.05) is 48.9 Å². The summed E-state index contributed by atoms with van der Waals surface area (Å²) < 4.78 is 75.5. The number of hydrogen-bond donors (Lipinski definition) is 2. The van der Waals surface area contributed by atoms with E-state index in [0.717, 1.165) is 42.2 Å². The minimum absolute atomic E-state index is 0.0243. The molecule has 220 valence electrons. The highest BCUT2D eigenvalue weighted by Crippen LogP contribution is 2.38. The number of hydrogen-bond acceptors (Lipinski definition) is 6. The summed E-state index contributed by atoms with van der Waals surface area (Å²) in [7, 11) is -4.25. The Bertz CT molecular complexity index is 1720. The van der Waals surface area contributed by atoms with Crippen molar-refractivity contribution in [1.82, 2.24) is 24.4 Å². The Labute approximate surface area is 246 Å². The molecule has 0 spiro atoms. The number of nitrogens with zero attached hydrogens (tertiary/aromatic N) is 5. The zero-order valence-electron chi connectivity index (χ0n) is 22.3. The van der Waals surface area contributed by atoms with Crippen molar-refractivity contribution in [3.63, 3.8) is 0 Å². The van der Waals surface area contributed by atoms with Crippen LogP contribution in [0.4, 0.5) is 24.5 Å². The van der Waals surface area contributed by atoms with E-state index < -0.39 is 33.7 Å². The third-order valence-electron chi connectivity index (χ3n) is 7.33. The second-order valence-electron chi connectivity index (χ2n) is 10.1. The van der Waals surface area contributed by atoms with Gasteiger partial charge in [0.05, 0.1) is 5.69 Å². The molecule has 14 heteroatoms. The fraction of sp³-hybridized carbons (Fsp3) is 0.286. The maximum atomic E-state index is 16.1. The summed E-state index contributed by atoms with van der Waals surface area (Å²) in [5, 5.41) is 7.92. The van der Waals surface area contributed by atoms with Crippen molar-refractivity contribution in [1.29, 1.82) is 0 Å². The molecule has 0 radical (unpaired) electrons. The summed E-state index contributed by atoms with van der Waals surface area (Å²) in [5.41, 5.74) is 1.56. The number of benzene rings is 2. The first-order chi connectivity index (χ1) is 20.2. The number of anilines is 2. The molecule has 2 aliphatic rings. The molecule has 4 heterocycles.